The van der Waals surface area contributed by atoms with E-state index in [-0.39, 0.29) is 6.61 Å². The molecule has 0 aliphatic rings. The molecule has 1 N–H and O–H groups in total. The van der Waals surface area contributed by atoms with Crippen molar-refractivity contribution in [3.8, 4) is 0 Å². The first-order valence-corrected chi connectivity index (χ1v) is 9.61. The number of carboxylic acids is 1. The molecule has 0 aromatic carbocycles. The van der Waals surface area contributed by atoms with E-state index < -0.39 is 12.3 Å². The molecule has 0 rings (SSSR count). The topological polar surface area (TPSA) is 55.8 Å². The van der Waals surface area contributed by atoms with Gasteiger partial charge in [0, 0.05) is 6.61 Å². The summed E-state index contributed by atoms with van der Waals surface area (Å²) >= 11 is 0. The fourth-order valence-corrected chi connectivity index (χ4v) is 2.61. The van der Waals surface area contributed by atoms with Crippen LogP contribution in [-0.4, -0.2) is 30.6 Å². The second-order valence-corrected chi connectivity index (χ2v) is 6.39. The van der Waals surface area contributed by atoms with Crippen LogP contribution in [0.15, 0.2) is 0 Å². The maximum atomic E-state index is 10.3. The van der Waals surface area contributed by atoms with Crippen LogP contribution in [0.5, 0.6) is 0 Å². The van der Waals surface area contributed by atoms with Crippen LogP contribution in [0.3, 0.4) is 0 Å². The van der Waals surface area contributed by atoms with Crippen LogP contribution in [-0.2, 0) is 14.3 Å². The lowest BCUT2D eigenvalue weighted by Crippen LogP contribution is -2.18. The van der Waals surface area contributed by atoms with Gasteiger partial charge in [-0.3, -0.25) is 0 Å². The van der Waals surface area contributed by atoms with E-state index in [9.17, 15) is 4.79 Å². The van der Waals surface area contributed by atoms with E-state index >= 15 is 0 Å². The fourth-order valence-electron chi connectivity index (χ4n) is 2.61. The van der Waals surface area contributed by atoms with E-state index in [0.29, 0.717) is 6.61 Å². The average molecular weight is 331 g/mol. The molecule has 0 amide bonds. The first-order chi connectivity index (χ1) is 11.2. The third kappa shape index (κ3) is 19.3. The maximum absolute atomic E-state index is 10.3. The first-order valence-electron chi connectivity index (χ1n) is 9.61. The van der Waals surface area contributed by atoms with Gasteiger partial charge in [-0.05, 0) is 13.3 Å². The number of aliphatic carboxylic acids is 1. The third-order valence-corrected chi connectivity index (χ3v) is 4.04. The van der Waals surface area contributed by atoms with Gasteiger partial charge in [-0.1, -0.05) is 84.0 Å². The molecule has 0 aliphatic heterocycles. The molecule has 0 spiro atoms. The molecular formula is C19H38O4. The minimum atomic E-state index is -0.957. The Morgan fingerprint density at radius 2 is 1.22 bits per heavy atom. The van der Waals surface area contributed by atoms with E-state index in [1.54, 1.807) is 6.92 Å². The third-order valence-electron chi connectivity index (χ3n) is 4.04. The van der Waals surface area contributed by atoms with Crippen LogP contribution in [0.1, 0.15) is 97.3 Å². The zero-order chi connectivity index (χ0) is 17.2. The lowest BCUT2D eigenvalue weighted by molar-refractivity contribution is -0.163. The van der Waals surface area contributed by atoms with Crippen molar-refractivity contribution < 1.29 is 19.4 Å². The highest BCUT2D eigenvalue weighted by Crippen LogP contribution is 2.12. The van der Waals surface area contributed by atoms with Crippen molar-refractivity contribution in [3.05, 3.63) is 0 Å². The molecule has 4 nitrogen and oxygen atoms in total. The SMILES string of the molecule is CCCCCCCCCCCCCCCOC(C)OCC(=O)O. The van der Waals surface area contributed by atoms with Gasteiger partial charge in [-0.15, -0.1) is 0 Å². The zero-order valence-corrected chi connectivity index (χ0v) is 15.4. The molecule has 0 bridgehead atoms. The van der Waals surface area contributed by atoms with Gasteiger partial charge >= 0.3 is 5.97 Å². The number of ether oxygens (including phenoxy) is 2. The van der Waals surface area contributed by atoms with E-state index in [0.717, 1.165) is 6.42 Å². The molecule has 0 saturated heterocycles. The number of hydrogen-bond acceptors (Lipinski definition) is 3. The second kappa shape index (κ2) is 17.7. The monoisotopic (exact) mass is 330 g/mol. The molecule has 0 radical (unpaired) electrons. The number of carbonyl (C=O) groups is 1. The van der Waals surface area contributed by atoms with Crippen molar-refractivity contribution in [2.75, 3.05) is 13.2 Å². The molecule has 0 aliphatic carbocycles. The smallest absolute Gasteiger partial charge is 0.329 e. The summed E-state index contributed by atoms with van der Waals surface area (Å²) in [5.41, 5.74) is 0. The van der Waals surface area contributed by atoms with E-state index in [4.69, 9.17) is 14.6 Å². The second-order valence-electron chi connectivity index (χ2n) is 6.39. The Morgan fingerprint density at radius 1 is 0.783 bits per heavy atom. The summed E-state index contributed by atoms with van der Waals surface area (Å²) in [4.78, 5) is 10.3. The van der Waals surface area contributed by atoms with Gasteiger partial charge in [0.1, 0.15) is 6.61 Å². The molecule has 1 unspecified atom stereocenters. The van der Waals surface area contributed by atoms with Gasteiger partial charge in [0.15, 0.2) is 6.29 Å². The molecule has 0 fully saturated rings. The summed E-state index contributed by atoms with van der Waals surface area (Å²) in [5.74, 6) is -0.957. The van der Waals surface area contributed by atoms with Crippen molar-refractivity contribution in [2.45, 2.75) is 104 Å². The number of rotatable bonds is 18. The Balaban J connectivity index is 3.09. The Kier molecular flexibility index (Phi) is 17.3. The van der Waals surface area contributed by atoms with Gasteiger partial charge in [-0.25, -0.2) is 4.79 Å². The quantitative estimate of drug-likeness (QED) is 0.265. The summed E-state index contributed by atoms with van der Waals surface area (Å²) in [7, 11) is 0. The highest BCUT2D eigenvalue weighted by molar-refractivity contribution is 5.67. The Labute approximate surface area is 142 Å². The van der Waals surface area contributed by atoms with Crippen molar-refractivity contribution >= 4 is 5.97 Å². The highest BCUT2D eigenvalue weighted by Gasteiger charge is 2.04. The van der Waals surface area contributed by atoms with Gasteiger partial charge in [0.2, 0.25) is 0 Å². The molecular weight excluding hydrogens is 292 g/mol. The van der Waals surface area contributed by atoms with Gasteiger partial charge in [0.05, 0.1) is 0 Å². The predicted octanol–water partition coefficient (Wildman–Crippen LogP) is 5.54. The fraction of sp³-hybridized carbons (Fsp3) is 0.947. The summed E-state index contributed by atoms with van der Waals surface area (Å²) in [6, 6.07) is 0. The summed E-state index contributed by atoms with van der Waals surface area (Å²) < 4.78 is 10.4. The van der Waals surface area contributed by atoms with Crippen LogP contribution in [0.2, 0.25) is 0 Å². The normalized spacial score (nSPS) is 12.4. The van der Waals surface area contributed by atoms with Crippen molar-refractivity contribution in [3.63, 3.8) is 0 Å². The number of hydrogen-bond donors (Lipinski definition) is 1. The Morgan fingerprint density at radius 3 is 1.65 bits per heavy atom. The predicted molar refractivity (Wildman–Crippen MR) is 94.7 cm³/mol. The van der Waals surface area contributed by atoms with Gasteiger partial charge < -0.3 is 14.6 Å². The Bertz CT molecular complexity index is 256. The summed E-state index contributed by atoms with van der Waals surface area (Å²) in [6.07, 6.45) is 16.9. The molecule has 4 heteroatoms. The maximum Gasteiger partial charge on any atom is 0.329 e. The molecule has 0 saturated carbocycles. The molecule has 0 aromatic heterocycles. The average Bonchev–Trinajstić information content (AvgIpc) is 2.53. The van der Waals surface area contributed by atoms with E-state index in [2.05, 4.69) is 6.92 Å². The first kappa shape index (κ1) is 22.4. The molecule has 1 atom stereocenters. The van der Waals surface area contributed by atoms with E-state index in [1.165, 1.54) is 77.0 Å². The summed E-state index contributed by atoms with van der Waals surface area (Å²) in [6.45, 7) is 4.36. The number of unbranched alkanes of at least 4 members (excludes halogenated alkanes) is 12. The van der Waals surface area contributed by atoms with E-state index in [1.807, 2.05) is 0 Å². The van der Waals surface area contributed by atoms with Crippen molar-refractivity contribution in [2.24, 2.45) is 0 Å². The summed E-state index contributed by atoms with van der Waals surface area (Å²) in [5, 5.41) is 8.48. The van der Waals surface area contributed by atoms with Gasteiger partial charge in [-0.2, -0.15) is 0 Å². The standard InChI is InChI=1S/C19H38O4/c1-3-4-5-6-7-8-9-10-11-12-13-14-15-16-22-18(2)23-17-19(20)21/h18H,3-17H2,1-2H3,(H,20,21). The molecule has 0 heterocycles. The van der Waals surface area contributed by atoms with Crippen molar-refractivity contribution in [1.29, 1.82) is 0 Å². The molecule has 0 aromatic rings. The molecule has 138 valence electrons. The zero-order valence-electron chi connectivity index (χ0n) is 15.4. The van der Waals surface area contributed by atoms with Crippen LogP contribution in [0, 0.1) is 0 Å². The molecule has 23 heavy (non-hydrogen) atoms. The number of carboxylic acid groups (broad SMARTS) is 1. The van der Waals surface area contributed by atoms with Crippen LogP contribution in [0.25, 0.3) is 0 Å². The lowest BCUT2D eigenvalue weighted by atomic mass is 10.0. The minimum Gasteiger partial charge on any atom is -0.480 e. The van der Waals surface area contributed by atoms with Crippen LogP contribution < -0.4 is 0 Å². The van der Waals surface area contributed by atoms with Crippen LogP contribution >= 0.6 is 0 Å². The highest BCUT2D eigenvalue weighted by atomic mass is 16.7. The lowest BCUT2D eigenvalue weighted by Gasteiger charge is -2.12. The van der Waals surface area contributed by atoms with Crippen molar-refractivity contribution in [1.82, 2.24) is 0 Å². The van der Waals surface area contributed by atoms with Crippen LogP contribution in [0.4, 0.5) is 0 Å². The minimum absolute atomic E-state index is 0.292. The van der Waals surface area contributed by atoms with Gasteiger partial charge in [0.25, 0.3) is 0 Å². The largest absolute Gasteiger partial charge is 0.480 e. The Hall–Kier alpha value is -0.610.